The SMILES string of the molecule is CCN(CC)C(=O)CCCNC(=O)c1cc2c(s1)-c1ccccc1OC2. The number of rotatable bonds is 7. The minimum atomic E-state index is -0.0860. The molecule has 0 fully saturated rings. The van der Waals surface area contributed by atoms with Gasteiger partial charge in [-0.3, -0.25) is 9.59 Å². The maximum atomic E-state index is 12.4. The number of fused-ring (bicyclic) bond motifs is 3. The van der Waals surface area contributed by atoms with Crippen LogP contribution >= 0.6 is 11.3 Å². The van der Waals surface area contributed by atoms with E-state index in [4.69, 9.17) is 4.74 Å². The average Bonchev–Trinajstić information content (AvgIpc) is 3.11. The summed E-state index contributed by atoms with van der Waals surface area (Å²) in [6, 6.07) is 9.80. The van der Waals surface area contributed by atoms with Gasteiger partial charge in [0.25, 0.3) is 5.91 Å². The average molecular weight is 372 g/mol. The topological polar surface area (TPSA) is 58.6 Å². The van der Waals surface area contributed by atoms with Crippen molar-refractivity contribution in [2.75, 3.05) is 19.6 Å². The zero-order valence-corrected chi connectivity index (χ0v) is 16.0. The second kappa shape index (κ2) is 8.36. The number of amides is 2. The number of thiophene rings is 1. The molecule has 0 radical (unpaired) electrons. The second-order valence-corrected chi connectivity index (χ2v) is 7.23. The van der Waals surface area contributed by atoms with Gasteiger partial charge in [0.2, 0.25) is 5.91 Å². The van der Waals surface area contributed by atoms with Gasteiger partial charge in [0.1, 0.15) is 12.4 Å². The molecular formula is C20H24N2O3S. The van der Waals surface area contributed by atoms with Gasteiger partial charge in [0, 0.05) is 42.1 Å². The molecule has 1 aliphatic rings. The molecule has 2 aromatic rings. The molecule has 138 valence electrons. The van der Waals surface area contributed by atoms with Crippen LogP contribution in [0.3, 0.4) is 0 Å². The molecule has 26 heavy (non-hydrogen) atoms. The molecule has 0 aliphatic carbocycles. The van der Waals surface area contributed by atoms with Gasteiger partial charge in [-0.05, 0) is 38.5 Å². The van der Waals surface area contributed by atoms with Crippen molar-refractivity contribution in [3.8, 4) is 16.2 Å². The van der Waals surface area contributed by atoms with Crippen molar-refractivity contribution in [2.45, 2.75) is 33.3 Å². The molecule has 0 spiro atoms. The quantitative estimate of drug-likeness (QED) is 0.754. The molecule has 1 aromatic heterocycles. The molecule has 3 rings (SSSR count). The molecule has 0 unspecified atom stereocenters. The van der Waals surface area contributed by atoms with Crippen LogP contribution in [-0.2, 0) is 11.4 Å². The van der Waals surface area contributed by atoms with Gasteiger partial charge < -0.3 is 15.0 Å². The van der Waals surface area contributed by atoms with E-state index in [1.165, 1.54) is 11.3 Å². The number of ether oxygens (including phenoxy) is 1. The first-order valence-electron chi connectivity index (χ1n) is 9.04. The zero-order chi connectivity index (χ0) is 18.5. The maximum absolute atomic E-state index is 12.4. The Kier molecular flexibility index (Phi) is 5.93. The Hall–Kier alpha value is -2.34. The van der Waals surface area contributed by atoms with E-state index in [2.05, 4.69) is 5.32 Å². The third-order valence-corrected chi connectivity index (χ3v) is 5.73. The third kappa shape index (κ3) is 3.90. The molecule has 0 saturated carbocycles. The van der Waals surface area contributed by atoms with Crippen molar-refractivity contribution in [3.63, 3.8) is 0 Å². The Balaban J connectivity index is 1.56. The van der Waals surface area contributed by atoms with E-state index in [1.807, 2.05) is 49.1 Å². The fourth-order valence-electron chi connectivity index (χ4n) is 3.07. The normalized spacial score (nSPS) is 11.9. The van der Waals surface area contributed by atoms with E-state index < -0.39 is 0 Å². The molecule has 2 heterocycles. The molecule has 0 saturated heterocycles. The number of nitrogens with one attached hydrogen (secondary N) is 1. The van der Waals surface area contributed by atoms with Gasteiger partial charge in [0.15, 0.2) is 0 Å². The summed E-state index contributed by atoms with van der Waals surface area (Å²) < 4.78 is 5.74. The van der Waals surface area contributed by atoms with Crippen LogP contribution in [0.15, 0.2) is 30.3 Å². The summed E-state index contributed by atoms with van der Waals surface area (Å²) in [5.74, 6) is 0.922. The fourth-order valence-corrected chi connectivity index (χ4v) is 4.19. The highest BCUT2D eigenvalue weighted by Gasteiger charge is 2.22. The van der Waals surface area contributed by atoms with Crippen molar-refractivity contribution >= 4 is 23.2 Å². The Morgan fingerprint density at radius 3 is 2.77 bits per heavy atom. The van der Waals surface area contributed by atoms with Crippen LogP contribution in [0, 0.1) is 0 Å². The van der Waals surface area contributed by atoms with Crippen molar-refractivity contribution < 1.29 is 14.3 Å². The van der Waals surface area contributed by atoms with Gasteiger partial charge in [-0.1, -0.05) is 12.1 Å². The number of carbonyl (C=O) groups excluding carboxylic acids is 2. The van der Waals surface area contributed by atoms with E-state index >= 15 is 0 Å². The first-order chi connectivity index (χ1) is 12.6. The number of carbonyl (C=O) groups is 2. The van der Waals surface area contributed by atoms with Crippen LogP contribution in [0.5, 0.6) is 5.75 Å². The van der Waals surface area contributed by atoms with Gasteiger partial charge >= 0.3 is 0 Å². The molecule has 1 aromatic carbocycles. The lowest BCUT2D eigenvalue weighted by atomic mass is 10.1. The monoisotopic (exact) mass is 372 g/mol. The second-order valence-electron chi connectivity index (χ2n) is 6.18. The molecule has 5 nitrogen and oxygen atoms in total. The number of para-hydroxylation sites is 1. The van der Waals surface area contributed by atoms with Crippen LogP contribution in [-0.4, -0.2) is 36.3 Å². The minimum absolute atomic E-state index is 0.0860. The summed E-state index contributed by atoms with van der Waals surface area (Å²) in [6.45, 7) is 6.40. The Morgan fingerprint density at radius 2 is 2.00 bits per heavy atom. The number of hydrogen-bond donors (Lipinski definition) is 1. The van der Waals surface area contributed by atoms with E-state index in [9.17, 15) is 9.59 Å². The smallest absolute Gasteiger partial charge is 0.261 e. The molecule has 1 aliphatic heterocycles. The lowest BCUT2D eigenvalue weighted by molar-refractivity contribution is -0.130. The van der Waals surface area contributed by atoms with E-state index in [-0.39, 0.29) is 11.8 Å². The molecule has 0 bridgehead atoms. The molecule has 1 N–H and O–H groups in total. The zero-order valence-electron chi connectivity index (χ0n) is 15.2. The first kappa shape index (κ1) is 18.5. The predicted octanol–water partition coefficient (Wildman–Crippen LogP) is 3.69. The molecule has 2 amide bonds. The summed E-state index contributed by atoms with van der Waals surface area (Å²) in [5, 5.41) is 2.92. The Morgan fingerprint density at radius 1 is 1.23 bits per heavy atom. The standard InChI is InChI=1S/C20H24N2O3S/c1-3-22(4-2)18(23)10-7-11-21-20(24)17-12-14-13-25-16-9-6-5-8-15(16)19(14)26-17/h5-6,8-9,12H,3-4,7,10-11,13H2,1-2H3,(H,21,24). The van der Waals surface area contributed by atoms with Gasteiger partial charge in [-0.15, -0.1) is 11.3 Å². The van der Waals surface area contributed by atoms with Crippen LogP contribution in [0.25, 0.3) is 10.4 Å². The molecular weight excluding hydrogens is 348 g/mol. The number of benzene rings is 1. The number of hydrogen-bond acceptors (Lipinski definition) is 4. The highest BCUT2D eigenvalue weighted by Crippen LogP contribution is 2.42. The van der Waals surface area contributed by atoms with Crippen LogP contribution in [0.1, 0.15) is 41.9 Å². The van der Waals surface area contributed by atoms with Gasteiger partial charge in [-0.25, -0.2) is 0 Å². The highest BCUT2D eigenvalue weighted by atomic mass is 32.1. The summed E-state index contributed by atoms with van der Waals surface area (Å²) in [4.78, 5) is 28.0. The fraction of sp³-hybridized carbons (Fsp3) is 0.400. The minimum Gasteiger partial charge on any atom is -0.488 e. The predicted molar refractivity (Wildman–Crippen MR) is 104 cm³/mol. The largest absolute Gasteiger partial charge is 0.488 e. The van der Waals surface area contributed by atoms with Crippen LogP contribution < -0.4 is 10.1 Å². The van der Waals surface area contributed by atoms with Gasteiger partial charge in [-0.2, -0.15) is 0 Å². The summed E-state index contributed by atoms with van der Waals surface area (Å²) in [5.41, 5.74) is 2.10. The van der Waals surface area contributed by atoms with Crippen molar-refractivity contribution in [1.82, 2.24) is 10.2 Å². The Labute approximate surface area is 158 Å². The van der Waals surface area contributed by atoms with Crippen molar-refractivity contribution in [2.24, 2.45) is 0 Å². The molecule has 6 heteroatoms. The summed E-state index contributed by atoms with van der Waals surface area (Å²) in [7, 11) is 0. The van der Waals surface area contributed by atoms with E-state index in [0.717, 1.165) is 34.8 Å². The molecule has 0 atom stereocenters. The lowest BCUT2D eigenvalue weighted by Crippen LogP contribution is -2.31. The summed E-state index contributed by atoms with van der Waals surface area (Å²) >= 11 is 1.50. The van der Waals surface area contributed by atoms with Crippen molar-refractivity contribution in [3.05, 3.63) is 40.8 Å². The third-order valence-electron chi connectivity index (χ3n) is 4.52. The van der Waals surface area contributed by atoms with Crippen molar-refractivity contribution in [1.29, 1.82) is 0 Å². The van der Waals surface area contributed by atoms with Crippen LogP contribution in [0.4, 0.5) is 0 Å². The van der Waals surface area contributed by atoms with E-state index in [1.54, 1.807) is 0 Å². The first-order valence-corrected chi connectivity index (χ1v) is 9.86. The highest BCUT2D eigenvalue weighted by molar-refractivity contribution is 7.17. The van der Waals surface area contributed by atoms with Gasteiger partial charge in [0.05, 0.1) is 4.88 Å². The number of nitrogens with zero attached hydrogens (tertiary/aromatic N) is 1. The van der Waals surface area contributed by atoms with E-state index in [0.29, 0.717) is 30.9 Å². The Bertz CT molecular complexity index is 796. The lowest BCUT2D eigenvalue weighted by Gasteiger charge is -2.18. The summed E-state index contributed by atoms with van der Waals surface area (Å²) in [6.07, 6.45) is 1.11. The maximum Gasteiger partial charge on any atom is 0.261 e. The van der Waals surface area contributed by atoms with Crippen LogP contribution in [0.2, 0.25) is 0 Å².